The van der Waals surface area contributed by atoms with E-state index >= 15 is 0 Å². The van der Waals surface area contributed by atoms with E-state index in [1.165, 1.54) is 11.8 Å². The number of nitrogens with one attached hydrogen (secondary N) is 1. The van der Waals surface area contributed by atoms with E-state index in [0.29, 0.717) is 28.3 Å². The van der Waals surface area contributed by atoms with Gasteiger partial charge in [0.2, 0.25) is 5.91 Å². The van der Waals surface area contributed by atoms with E-state index in [1.807, 2.05) is 18.2 Å². The Morgan fingerprint density at radius 3 is 2.82 bits per heavy atom. The Labute approximate surface area is 172 Å². The van der Waals surface area contributed by atoms with E-state index in [2.05, 4.69) is 22.2 Å². The number of benzene rings is 1. The first-order chi connectivity index (χ1) is 13.5. The van der Waals surface area contributed by atoms with Crippen LogP contribution in [0.15, 0.2) is 52.5 Å². The molecule has 2 heterocycles. The molecule has 28 heavy (non-hydrogen) atoms. The Morgan fingerprint density at radius 2 is 2.07 bits per heavy atom. The second kappa shape index (κ2) is 9.21. The molecule has 0 bridgehead atoms. The molecule has 3 aromatic rings. The van der Waals surface area contributed by atoms with Crippen molar-refractivity contribution < 1.29 is 4.79 Å². The third kappa shape index (κ3) is 4.54. The van der Waals surface area contributed by atoms with Crippen LogP contribution in [0.1, 0.15) is 26.7 Å². The zero-order chi connectivity index (χ0) is 20.1. The Kier molecular flexibility index (Phi) is 6.70. The highest BCUT2D eigenvalue weighted by Crippen LogP contribution is 2.25. The number of carbonyl (C=O) groups excluding carboxylic acids is 1. The van der Waals surface area contributed by atoms with Crippen LogP contribution in [-0.2, 0) is 11.3 Å². The molecule has 0 aliphatic carbocycles. The van der Waals surface area contributed by atoms with Crippen LogP contribution in [0.3, 0.4) is 0 Å². The highest BCUT2D eigenvalue weighted by Gasteiger charge is 2.20. The van der Waals surface area contributed by atoms with Gasteiger partial charge in [-0.25, -0.2) is 9.97 Å². The van der Waals surface area contributed by atoms with E-state index in [1.54, 1.807) is 35.9 Å². The number of fused-ring (bicyclic) bond motifs is 1. The Balaban J connectivity index is 1.88. The van der Waals surface area contributed by atoms with E-state index in [-0.39, 0.29) is 16.6 Å². The molecule has 1 N–H and O–H groups in total. The number of hydrogen-bond acceptors (Lipinski definition) is 5. The van der Waals surface area contributed by atoms with Crippen LogP contribution >= 0.6 is 23.4 Å². The van der Waals surface area contributed by atoms with Crippen molar-refractivity contribution in [2.45, 2.75) is 43.6 Å². The molecule has 0 saturated carbocycles. The maximum Gasteiger partial charge on any atom is 0.262 e. The Bertz CT molecular complexity index is 1050. The average molecular weight is 417 g/mol. The lowest BCUT2D eigenvalue weighted by molar-refractivity contribution is -0.115. The third-order valence-electron chi connectivity index (χ3n) is 4.23. The number of unbranched alkanes of at least 4 members (excludes halogenated alkanes) is 1. The summed E-state index contributed by atoms with van der Waals surface area (Å²) in [5.41, 5.74) is 1.01. The summed E-state index contributed by atoms with van der Waals surface area (Å²) in [5, 5.41) is 3.66. The number of pyridine rings is 1. The molecule has 146 valence electrons. The van der Waals surface area contributed by atoms with Gasteiger partial charge in [0.15, 0.2) is 10.3 Å². The maximum absolute atomic E-state index is 12.9. The lowest BCUT2D eigenvalue weighted by atomic mass is 10.2. The summed E-state index contributed by atoms with van der Waals surface area (Å²) < 4.78 is 1.66. The first-order valence-electron chi connectivity index (χ1n) is 9.09. The van der Waals surface area contributed by atoms with Crippen LogP contribution in [0.4, 0.5) is 5.69 Å². The van der Waals surface area contributed by atoms with Crippen molar-refractivity contribution in [2.75, 3.05) is 5.32 Å². The van der Waals surface area contributed by atoms with Gasteiger partial charge in [-0.15, -0.1) is 0 Å². The highest BCUT2D eigenvalue weighted by molar-refractivity contribution is 8.00. The Hall–Kier alpha value is -2.38. The SMILES string of the molecule is CCCCn1c(SC(C)C(=O)Nc2cccnc2Cl)nc2ccccc2c1=O. The lowest BCUT2D eigenvalue weighted by Gasteiger charge is -2.16. The summed E-state index contributed by atoms with van der Waals surface area (Å²) in [7, 11) is 0. The number of hydrogen-bond donors (Lipinski definition) is 1. The fourth-order valence-corrected chi connectivity index (χ4v) is 3.78. The number of anilines is 1. The van der Waals surface area contributed by atoms with Crippen molar-refractivity contribution in [2.24, 2.45) is 0 Å². The van der Waals surface area contributed by atoms with Crippen LogP contribution in [0.25, 0.3) is 10.9 Å². The molecular weight excluding hydrogens is 396 g/mol. The minimum Gasteiger partial charge on any atom is -0.322 e. The first kappa shape index (κ1) is 20.4. The zero-order valence-corrected chi connectivity index (χ0v) is 17.3. The zero-order valence-electron chi connectivity index (χ0n) is 15.7. The van der Waals surface area contributed by atoms with Gasteiger partial charge in [0.25, 0.3) is 5.56 Å². The van der Waals surface area contributed by atoms with E-state index in [9.17, 15) is 9.59 Å². The van der Waals surface area contributed by atoms with Gasteiger partial charge in [0.05, 0.1) is 21.8 Å². The van der Waals surface area contributed by atoms with Gasteiger partial charge in [0.1, 0.15) is 0 Å². The van der Waals surface area contributed by atoms with Crippen LogP contribution in [0.2, 0.25) is 5.15 Å². The molecule has 6 nitrogen and oxygen atoms in total. The second-order valence-corrected chi connectivity index (χ2v) is 7.98. The molecule has 0 radical (unpaired) electrons. The van der Waals surface area contributed by atoms with E-state index in [4.69, 9.17) is 11.6 Å². The van der Waals surface area contributed by atoms with Crippen molar-refractivity contribution in [3.05, 3.63) is 58.1 Å². The van der Waals surface area contributed by atoms with Crippen molar-refractivity contribution in [1.82, 2.24) is 14.5 Å². The molecule has 0 aliphatic heterocycles. The minimum atomic E-state index is -0.475. The molecule has 2 aromatic heterocycles. The minimum absolute atomic E-state index is 0.0792. The standard InChI is InChI=1S/C20H21ClN4O2S/c1-3-4-12-25-19(27)14-8-5-6-9-15(14)24-20(25)28-13(2)18(26)23-16-10-7-11-22-17(16)21/h5-11,13H,3-4,12H2,1-2H3,(H,23,26). The number of rotatable bonds is 7. The largest absolute Gasteiger partial charge is 0.322 e. The van der Waals surface area contributed by atoms with Crippen LogP contribution in [0, 0.1) is 0 Å². The fourth-order valence-electron chi connectivity index (χ4n) is 2.68. The van der Waals surface area contributed by atoms with Crippen molar-refractivity contribution in [1.29, 1.82) is 0 Å². The first-order valence-corrected chi connectivity index (χ1v) is 10.3. The number of para-hydroxylation sites is 1. The number of nitrogens with zero attached hydrogens (tertiary/aromatic N) is 3. The molecule has 3 rings (SSSR count). The molecule has 0 spiro atoms. The number of halogens is 1. The smallest absolute Gasteiger partial charge is 0.262 e. The fraction of sp³-hybridized carbons (Fsp3) is 0.300. The van der Waals surface area contributed by atoms with Crippen LogP contribution in [-0.4, -0.2) is 25.7 Å². The number of aromatic nitrogens is 3. The van der Waals surface area contributed by atoms with Gasteiger partial charge in [-0.1, -0.05) is 48.8 Å². The normalized spacial score (nSPS) is 12.1. The molecule has 1 unspecified atom stereocenters. The monoisotopic (exact) mass is 416 g/mol. The third-order valence-corrected chi connectivity index (χ3v) is 5.62. The molecule has 1 aromatic carbocycles. The van der Waals surface area contributed by atoms with Crippen LogP contribution in [0.5, 0.6) is 0 Å². The molecule has 1 amide bonds. The molecule has 0 aliphatic rings. The highest BCUT2D eigenvalue weighted by atomic mass is 35.5. The predicted octanol–water partition coefficient (Wildman–Crippen LogP) is 4.36. The summed E-state index contributed by atoms with van der Waals surface area (Å²) in [5.74, 6) is -0.232. The van der Waals surface area contributed by atoms with Gasteiger partial charge in [-0.05, 0) is 37.6 Å². The number of carbonyl (C=O) groups is 1. The van der Waals surface area contributed by atoms with Crippen molar-refractivity contribution in [3.63, 3.8) is 0 Å². The van der Waals surface area contributed by atoms with Crippen molar-refractivity contribution >= 4 is 45.9 Å². The second-order valence-electron chi connectivity index (χ2n) is 6.31. The average Bonchev–Trinajstić information content (AvgIpc) is 2.69. The summed E-state index contributed by atoms with van der Waals surface area (Å²) in [4.78, 5) is 34.1. The molecule has 1 atom stereocenters. The number of thioether (sulfide) groups is 1. The predicted molar refractivity (Wildman–Crippen MR) is 114 cm³/mol. The van der Waals surface area contributed by atoms with E-state index < -0.39 is 5.25 Å². The number of amides is 1. The summed E-state index contributed by atoms with van der Waals surface area (Å²) in [6.45, 7) is 4.41. The van der Waals surface area contributed by atoms with Gasteiger partial charge in [0, 0.05) is 12.7 Å². The maximum atomic E-state index is 12.9. The topological polar surface area (TPSA) is 76.9 Å². The van der Waals surface area contributed by atoms with Gasteiger partial charge in [-0.2, -0.15) is 0 Å². The quantitative estimate of drug-likeness (QED) is 0.351. The van der Waals surface area contributed by atoms with Gasteiger partial charge in [-0.3, -0.25) is 14.2 Å². The lowest BCUT2D eigenvalue weighted by Crippen LogP contribution is -2.27. The summed E-state index contributed by atoms with van der Waals surface area (Å²) in [6, 6.07) is 10.7. The molecule has 8 heteroatoms. The summed E-state index contributed by atoms with van der Waals surface area (Å²) >= 11 is 7.27. The van der Waals surface area contributed by atoms with Crippen LogP contribution < -0.4 is 10.9 Å². The molecule has 0 fully saturated rings. The molecular formula is C20H21ClN4O2S. The van der Waals surface area contributed by atoms with Crippen molar-refractivity contribution in [3.8, 4) is 0 Å². The molecule has 0 saturated heterocycles. The summed E-state index contributed by atoms with van der Waals surface area (Å²) in [6.07, 6.45) is 3.37. The van der Waals surface area contributed by atoms with Gasteiger partial charge < -0.3 is 5.32 Å². The Morgan fingerprint density at radius 1 is 1.29 bits per heavy atom. The van der Waals surface area contributed by atoms with E-state index in [0.717, 1.165) is 12.8 Å². The van der Waals surface area contributed by atoms with Gasteiger partial charge >= 0.3 is 0 Å².